The number of nitrogens with one attached hydrogen (secondary N) is 1. The predicted molar refractivity (Wildman–Crippen MR) is 149 cm³/mol. The Hall–Kier alpha value is -2.90. The van der Waals surface area contributed by atoms with Gasteiger partial charge in [0.15, 0.2) is 0 Å². The third-order valence-electron chi connectivity index (χ3n) is 7.73. The molecule has 2 aliphatic rings. The van der Waals surface area contributed by atoms with E-state index in [9.17, 15) is 31.5 Å². The largest absolute Gasteiger partial charge is 0.493 e. The molecule has 0 saturated carbocycles. The number of piperidine rings is 1. The van der Waals surface area contributed by atoms with E-state index in [1.165, 1.54) is 24.3 Å². The van der Waals surface area contributed by atoms with Crippen LogP contribution >= 0.6 is 0 Å². The van der Waals surface area contributed by atoms with Gasteiger partial charge in [-0.25, -0.2) is 22.9 Å². The summed E-state index contributed by atoms with van der Waals surface area (Å²) < 4.78 is 76.4. The fraction of sp³-hybridized carbons (Fsp3) is 0.571. The average Bonchev–Trinajstić information content (AvgIpc) is 3.12. The minimum absolute atomic E-state index is 0.0866. The van der Waals surface area contributed by atoms with Gasteiger partial charge in [-0.2, -0.15) is 12.7 Å². The van der Waals surface area contributed by atoms with Gasteiger partial charge in [0.1, 0.15) is 17.4 Å². The van der Waals surface area contributed by atoms with Crippen LogP contribution in [0.5, 0.6) is 5.75 Å². The molecule has 2 fully saturated rings. The zero-order chi connectivity index (χ0) is 30.3. The second-order valence-corrected chi connectivity index (χ2v) is 13.6. The predicted octanol–water partition coefficient (Wildman–Crippen LogP) is 4.22. The highest BCUT2D eigenvalue weighted by Gasteiger charge is 2.45. The van der Waals surface area contributed by atoms with E-state index in [-0.39, 0.29) is 23.2 Å². The topological polar surface area (TPSA) is 112 Å². The first kappa shape index (κ1) is 31.0. The van der Waals surface area contributed by atoms with Crippen molar-refractivity contribution in [1.82, 2.24) is 14.0 Å². The van der Waals surface area contributed by atoms with E-state index in [1.54, 1.807) is 6.07 Å². The maximum Gasteiger partial charge on any atom is 0.304 e. The van der Waals surface area contributed by atoms with Crippen LogP contribution in [0, 0.1) is 17.7 Å². The number of nitrogens with zero attached hydrogens (tertiary/aromatic N) is 3. The molecule has 2 aliphatic heterocycles. The number of hydrogen-bond donors (Lipinski definition) is 2. The van der Waals surface area contributed by atoms with Crippen molar-refractivity contribution in [3.63, 3.8) is 0 Å². The summed E-state index contributed by atoms with van der Waals surface area (Å²) in [6, 6.07) is 7.06. The normalized spacial score (nSPS) is 22.6. The summed E-state index contributed by atoms with van der Waals surface area (Å²) in [6.45, 7) is 9.13. The lowest BCUT2D eigenvalue weighted by molar-refractivity contribution is -0.0869. The molecule has 2 aromatic rings. The van der Waals surface area contributed by atoms with Gasteiger partial charge < -0.3 is 14.7 Å². The number of carbonyl (C=O) groups excluding carboxylic acids is 1. The summed E-state index contributed by atoms with van der Waals surface area (Å²) in [7, 11) is -4.72. The van der Waals surface area contributed by atoms with Gasteiger partial charge in [0, 0.05) is 36.7 Å². The maximum atomic E-state index is 14.5. The Kier molecular flexibility index (Phi) is 8.64. The Morgan fingerprint density at radius 2 is 1.95 bits per heavy atom. The number of aliphatic hydroxyl groups is 1. The highest BCUT2D eigenvalue weighted by Crippen LogP contribution is 2.40. The van der Waals surface area contributed by atoms with Gasteiger partial charge in [0.05, 0.1) is 30.5 Å². The quantitative estimate of drug-likeness (QED) is 0.468. The van der Waals surface area contributed by atoms with Gasteiger partial charge >= 0.3 is 10.2 Å². The summed E-state index contributed by atoms with van der Waals surface area (Å²) in [5.41, 5.74) is 0.185. The van der Waals surface area contributed by atoms with Crippen LogP contribution in [0.4, 0.5) is 19.0 Å². The number of alkyl halides is 2. The van der Waals surface area contributed by atoms with Crippen molar-refractivity contribution in [2.75, 3.05) is 31.1 Å². The second kappa shape index (κ2) is 11.4. The van der Waals surface area contributed by atoms with Crippen LogP contribution in [-0.2, 0) is 10.2 Å². The van der Waals surface area contributed by atoms with E-state index < -0.39 is 59.0 Å². The molecule has 1 aromatic carbocycles. The van der Waals surface area contributed by atoms with Gasteiger partial charge in [-0.3, -0.25) is 4.79 Å². The smallest absolute Gasteiger partial charge is 0.304 e. The molecular formula is C28H37F3N4O5S. The number of benzene rings is 1. The van der Waals surface area contributed by atoms with Gasteiger partial charge in [0.25, 0.3) is 11.8 Å². The Balaban J connectivity index is 1.72. The first-order valence-electron chi connectivity index (χ1n) is 13.6. The second-order valence-electron chi connectivity index (χ2n) is 11.9. The molecule has 2 N–H and O–H groups in total. The van der Waals surface area contributed by atoms with Crippen molar-refractivity contribution >= 4 is 21.9 Å². The molecule has 226 valence electrons. The first-order chi connectivity index (χ1) is 19.0. The number of amides is 1. The van der Waals surface area contributed by atoms with Crippen molar-refractivity contribution in [3.8, 4) is 17.0 Å². The van der Waals surface area contributed by atoms with Crippen LogP contribution in [0.2, 0.25) is 0 Å². The fourth-order valence-corrected chi connectivity index (χ4v) is 6.31. The molecule has 1 amide bonds. The fourth-order valence-electron chi connectivity index (χ4n) is 5.11. The number of halogens is 3. The Bertz CT molecular complexity index is 1400. The molecule has 2 saturated heterocycles. The van der Waals surface area contributed by atoms with Gasteiger partial charge in [-0.1, -0.05) is 20.8 Å². The van der Waals surface area contributed by atoms with Crippen LogP contribution < -0.4 is 14.4 Å². The molecule has 4 rings (SSSR count). The number of β-amino-alcohol motifs (C(OH)–C–C–N with tert-alkyl or cyclic N) is 1. The molecule has 0 radical (unpaired) electrons. The minimum atomic E-state index is -4.72. The summed E-state index contributed by atoms with van der Waals surface area (Å²) in [5, 5.41) is 9.79. The number of ether oxygens (including phenoxy) is 1. The molecule has 0 aliphatic carbocycles. The highest BCUT2D eigenvalue weighted by molar-refractivity contribution is 7.87. The van der Waals surface area contributed by atoms with E-state index in [0.717, 1.165) is 6.42 Å². The van der Waals surface area contributed by atoms with Crippen LogP contribution in [0.25, 0.3) is 11.3 Å². The molecule has 13 heteroatoms. The molecule has 41 heavy (non-hydrogen) atoms. The number of aliphatic hydroxyl groups excluding tert-OH is 1. The molecule has 2 unspecified atom stereocenters. The van der Waals surface area contributed by atoms with Crippen molar-refractivity contribution in [2.24, 2.45) is 11.8 Å². The third kappa shape index (κ3) is 6.95. The van der Waals surface area contributed by atoms with E-state index in [2.05, 4.69) is 6.92 Å². The van der Waals surface area contributed by atoms with Crippen molar-refractivity contribution in [2.45, 2.75) is 65.0 Å². The standard InChI is InChI=1S/C28H37F3N4O5S/c1-17(2)15-40-22-11-19(10-20(29)12-22)24-7-6-23(25(32-24)35-9-8-18(3)27(35,4)5)26(37)33-41(38,39)34-14-21(36)13-28(30,31)16-34/h6-7,10-12,17-18,21,36H,8-9,13-16H2,1-5H3,(H,33,37). The molecule has 0 spiro atoms. The molecule has 2 atom stereocenters. The lowest BCUT2D eigenvalue weighted by atomic mass is 9.90. The Morgan fingerprint density at radius 1 is 1.24 bits per heavy atom. The van der Waals surface area contributed by atoms with Crippen LogP contribution in [0.3, 0.4) is 0 Å². The highest BCUT2D eigenvalue weighted by atomic mass is 32.2. The van der Waals surface area contributed by atoms with E-state index in [4.69, 9.17) is 9.72 Å². The Morgan fingerprint density at radius 3 is 2.56 bits per heavy atom. The van der Waals surface area contributed by atoms with Gasteiger partial charge in [-0.05, 0) is 56.4 Å². The Labute approximate surface area is 238 Å². The van der Waals surface area contributed by atoms with E-state index in [0.29, 0.717) is 34.5 Å². The van der Waals surface area contributed by atoms with Crippen molar-refractivity contribution in [1.29, 1.82) is 0 Å². The maximum absolute atomic E-state index is 14.5. The SMILES string of the molecule is CC(C)COc1cc(F)cc(-c2ccc(C(=O)NS(=O)(=O)N3CC(O)CC(F)(F)C3)c(N3CCC(C)C3(C)C)n2)c1. The molecule has 1 aromatic heterocycles. The molecule has 0 bridgehead atoms. The monoisotopic (exact) mass is 598 g/mol. The van der Waals surface area contributed by atoms with Crippen molar-refractivity contribution in [3.05, 3.63) is 41.7 Å². The molecule has 9 nitrogen and oxygen atoms in total. The lowest BCUT2D eigenvalue weighted by Crippen LogP contribution is -2.55. The molecular weight excluding hydrogens is 561 g/mol. The summed E-state index contributed by atoms with van der Waals surface area (Å²) >= 11 is 0. The minimum Gasteiger partial charge on any atom is -0.493 e. The van der Waals surface area contributed by atoms with E-state index >= 15 is 0 Å². The summed E-state index contributed by atoms with van der Waals surface area (Å²) in [4.78, 5) is 20.0. The average molecular weight is 599 g/mol. The lowest BCUT2D eigenvalue weighted by Gasteiger charge is -2.37. The summed E-state index contributed by atoms with van der Waals surface area (Å²) in [5.74, 6) is -4.11. The molecule has 3 heterocycles. The number of aromatic nitrogens is 1. The number of anilines is 1. The van der Waals surface area contributed by atoms with Crippen molar-refractivity contribution < 1.29 is 36.2 Å². The zero-order valence-corrected chi connectivity index (χ0v) is 24.6. The van der Waals surface area contributed by atoms with Crippen LogP contribution in [0.1, 0.15) is 57.8 Å². The van der Waals surface area contributed by atoms with Crippen LogP contribution in [-0.4, -0.2) is 72.5 Å². The van der Waals surface area contributed by atoms with Crippen LogP contribution in [0.15, 0.2) is 30.3 Å². The third-order valence-corrected chi connectivity index (χ3v) is 9.13. The van der Waals surface area contributed by atoms with Gasteiger partial charge in [-0.15, -0.1) is 0 Å². The number of hydrogen-bond acceptors (Lipinski definition) is 7. The summed E-state index contributed by atoms with van der Waals surface area (Å²) in [6.07, 6.45) is -1.66. The first-order valence-corrected chi connectivity index (χ1v) is 15.0. The zero-order valence-electron chi connectivity index (χ0n) is 23.8. The number of carbonyl (C=O) groups is 1. The number of pyridine rings is 1. The van der Waals surface area contributed by atoms with Gasteiger partial charge in [0.2, 0.25) is 0 Å². The number of rotatable bonds is 8. The van der Waals surface area contributed by atoms with E-state index in [1.807, 2.05) is 37.3 Å².